The van der Waals surface area contributed by atoms with Crippen LogP contribution in [0.4, 0.5) is 17.1 Å². The summed E-state index contributed by atoms with van der Waals surface area (Å²) < 4.78 is 8.94. The SMILES string of the molecule is c1ccc(-c2ccc(-c3ccc(N(c4ccccc4)c4ccc5ccc6oc7ccc(-c8ccc9c(c8)c8ccccc8n9-c8ccccc8)cc7c6c5c4)cc3)cc2)cc1. The van der Waals surface area contributed by atoms with E-state index in [1.54, 1.807) is 0 Å². The lowest BCUT2D eigenvalue weighted by Gasteiger charge is -2.26. The standard InChI is InChI=1S/C58H38N2O/c1-4-12-39(13-5-1)40-20-22-41(23-21-40)42-24-30-48(31-25-42)59(46-14-6-2-7-15-46)49-32-26-43-28-35-57-58(51(43)38-49)53-37-45(29-34-56(53)61-57)44-27-33-55-52(36-44)50-18-10-11-19-54(50)60(55)47-16-8-3-9-17-47/h1-38H. The van der Waals surface area contributed by atoms with E-state index in [1.165, 1.54) is 55.0 Å². The third kappa shape index (κ3) is 5.98. The minimum atomic E-state index is 0.880. The molecule has 0 spiro atoms. The summed E-state index contributed by atoms with van der Waals surface area (Å²) in [5.41, 5.74) is 15.7. The van der Waals surface area contributed by atoms with Crippen LogP contribution in [0, 0.1) is 0 Å². The Kier molecular flexibility index (Phi) is 8.17. The van der Waals surface area contributed by atoms with Crippen molar-refractivity contribution in [3.63, 3.8) is 0 Å². The highest BCUT2D eigenvalue weighted by Crippen LogP contribution is 2.42. The summed E-state index contributed by atoms with van der Waals surface area (Å²) in [6.07, 6.45) is 0. The molecule has 2 aromatic heterocycles. The Morgan fingerprint density at radius 2 is 0.820 bits per heavy atom. The molecule has 61 heavy (non-hydrogen) atoms. The third-order valence-electron chi connectivity index (χ3n) is 12.2. The number of hydrogen-bond acceptors (Lipinski definition) is 2. The fraction of sp³-hybridized carbons (Fsp3) is 0. The van der Waals surface area contributed by atoms with Crippen LogP contribution in [0.2, 0.25) is 0 Å². The average molecular weight is 779 g/mol. The smallest absolute Gasteiger partial charge is 0.136 e. The molecule has 10 aromatic carbocycles. The Morgan fingerprint density at radius 1 is 0.311 bits per heavy atom. The molecule has 0 amide bonds. The molecule has 12 rings (SSSR count). The summed E-state index contributed by atoms with van der Waals surface area (Å²) in [5, 5.41) is 7.03. The zero-order valence-electron chi connectivity index (χ0n) is 33.2. The van der Waals surface area contributed by atoms with Crippen LogP contribution in [0.5, 0.6) is 0 Å². The molecule has 3 nitrogen and oxygen atoms in total. The second kappa shape index (κ2) is 14.3. The van der Waals surface area contributed by atoms with Crippen LogP contribution in [-0.4, -0.2) is 4.57 Å². The summed E-state index contributed by atoms with van der Waals surface area (Å²) >= 11 is 0. The molecule has 0 aliphatic heterocycles. The number of hydrogen-bond donors (Lipinski definition) is 0. The molecule has 0 aliphatic rings. The third-order valence-corrected chi connectivity index (χ3v) is 12.2. The molecule has 0 aliphatic carbocycles. The quantitative estimate of drug-likeness (QED) is 0.161. The number of para-hydroxylation sites is 3. The predicted molar refractivity (Wildman–Crippen MR) is 257 cm³/mol. The van der Waals surface area contributed by atoms with Crippen molar-refractivity contribution in [3.8, 4) is 39.1 Å². The number of rotatable bonds is 7. The van der Waals surface area contributed by atoms with Gasteiger partial charge in [-0.3, -0.25) is 0 Å². The van der Waals surface area contributed by atoms with Gasteiger partial charge < -0.3 is 13.9 Å². The minimum absolute atomic E-state index is 0.880. The topological polar surface area (TPSA) is 21.3 Å². The van der Waals surface area contributed by atoms with Gasteiger partial charge >= 0.3 is 0 Å². The number of anilines is 3. The van der Waals surface area contributed by atoms with Gasteiger partial charge in [-0.2, -0.15) is 0 Å². The molecule has 0 atom stereocenters. The zero-order valence-corrected chi connectivity index (χ0v) is 33.2. The Morgan fingerprint density at radius 3 is 1.56 bits per heavy atom. The zero-order chi connectivity index (χ0) is 40.3. The Balaban J connectivity index is 0.955. The molecule has 0 unspecified atom stereocenters. The molecule has 12 aromatic rings. The van der Waals surface area contributed by atoms with Crippen molar-refractivity contribution in [2.45, 2.75) is 0 Å². The van der Waals surface area contributed by atoms with Crippen LogP contribution in [-0.2, 0) is 0 Å². The van der Waals surface area contributed by atoms with Gasteiger partial charge in [0.05, 0.1) is 11.0 Å². The maximum atomic E-state index is 6.57. The first kappa shape index (κ1) is 34.9. The van der Waals surface area contributed by atoms with E-state index in [9.17, 15) is 0 Å². The largest absolute Gasteiger partial charge is 0.456 e. The van der Waals surface area contributed by atoms with Gasteiger partial charge in [0, 0.05) is 44.3 Å². The van der Waals surface area contributed by atoms with E-state index in [0.717, 1.165) is 55.6 Å². The van der Waals surface area contributed by atoms with Crippen molar-refractivity contribution in [1.82, 2.24) is 4.57 Å². The van der Waals surface area contributed by atoms with Crippen molar-refractivity contribution in [2.24, 2.45) is 0 Å². The van der Waals surface area contributed by atoms with Gasteiger partial charge in [-0.25, -0.2) is 0 Å². The lowest BCUT2D eigenvalue weighted by atomic mass is 9.98. The van der Waals surface area contributed by atoms with E-state index in [4.69, 9.17) is 4.42 Å². The van der Waals surface area contributed by atoms with Crippen LogP contribution in [0.1, 0.15) is 0 Å². The van der Waals surface area contributed by atoms with Crippen molar-refractivity contribution in [1.29, 1.82) is 0 Å². The van der Waals surface area contributed by atoms with Crippen LogP contribution >= 0.6 is 0 Å². The van der Waals surface area contributed by atoms with Gasteiger partial charge in [0.15, 0.2) is 0 Å². The lowest BCUT2D eigenvalue weighted by Crippen LogP contribution is -2.09. The van der Waals surface area contributed by atoms with Crippen molar-refractivity contribution in [3.05, 3.63) is 231 Å². The van der Waals surface area contributed by atoms with Crippen LogP contribution in [0.3, 0.4) is 0 Å². The Hall–Kier alpha value is -8.14. The minimum Gasteiger partial charge on any atom is -0.456 e. The molecular weight excluding hydrogens is 741 g/mol. The first-order valence-corrected chi connectivity index (χ1v) is 20.8. The summed E-state index contributed by atoms with van der Waals surface area (Å²) in [6, 6.07) is 82.8. The van der Waals surface area contributed by atoms with Gasteiger partial charge in [0.1, 0.15) is 11.2 Å². The van der Waals surface area contributed by atoms with Gasteiger partial charge in [0.25, 0.3) is 0 Å². The summed E-state index contributed by atoms with van der Waals surface area (Å²) in [4.78, 5) is 2.34. The fourth-order valence-electron chi connectivity index (χ4n) is 9.22. The highest BCUT2D eigenvalue weighted by molar-refractivity contribution is 6.20. The van der Waals surface area contributed by atoms with Gasteiger partial charge in [-0.05, 0) is 129 Å². The normalized spacial score (nSPS) is 11.6. The summed E-state index contributed by atoms with van der Waals surface area (Å²) in [5.74, 6) is 0. The van der Waals surface area contributed by atoms with E-state index in [0.29, 0.717) is 0 Å². The van der Waals surface area contributed by atoms with E-state index in [1.807, 2.05) is 0 Å². The average Bonchev–Trinajstić information content (AvgIpc) is 3.88. The molecule has 0 radical (unpaired) electrons. The number of furan rings is 1. The molecule has 2 heterocycles. The van der Waals surface area contributed by atoms with Gasteiger partial charge in [0.2, 0.25) is 0 Å². The first-order chi connectivity index (χ1) is 30.2. The molecule has 3 heteroatoms. The Bertz CT molecular complexity index is 3550. The number of nitrogens with zero attached hydrogens (tertiary/aromatic N) is 2. The van der Waals surface area contributed by atoms with Crippen molar-refractivity contribution >= 4 is 71.6 Å². The fourth-order valence-corrected chi connectivity index (χ4v) is 9.22. The van der Waals surface area contributed by atoms with E-state index in [-0.39, 0.29) is 0 Å². The molecule has 0 N–H and O–H groups in total. The van der Waals surface area contributed by atoms with Crippen LogP contribution in [0.15, 0.2) is 235 Å². The summed E-state index contributed by atoms with van der Waals surface area (Å²) in [6.45, 7) is 0. The molecule has 0 saturated carbocycles. The second-order valence-electron chi connectivity index (χ2n) is 15.7. The Labute approximate surface area is 353 Å². The van der Waals surface area contributed by atoms with E-state index in [2.05, 4.69) is 240 Å². The van der Waals surface area contributed by atoms with Crippen molar-refractivity contribution < 1.29 is 4.42 Å². The highest BCUT2D eigenvalue weighted by atomic mass is 16.3. The summed E-state index contributed by atoms with van der Waals surface area (Å²) in [7, 11) is 0. The van der Waals surface area contributed by atoms with Crippen LogP contribution < -0.4 is 4.90 Å². The van der Waals surface area contributed by atoms with E-state index >= 15 is 0 Å². The predicted octanol–water partition coefficient (Wildman–Crippen LogP) is 16.3. The maximum Gasteiger partial charge on any atom is 0.136 e. The van der Waals surface area contributed by atoms with Gasteiger partial charge in [-0.15, -0.1) is 0 Å². The number of benzene rings is 10. The molecule has 0 fully saturated rings. The molecule has 0 saturated heterocycles. The number of aromatic nitrogens is 1. The maximum absolute atomic E-state index is 6.57. The van der Waals surface area contributed by atoms with E-state index < -0.39 is 0 Å². The van der Waals surface area contributed by atoms with Crippen molar-refractivity contribution in [2.75, 3.05) is 4.90 Å². The molecular formula is C58H38N2O. The molecule has 286 valence electrons. The molecule has 0 bridgehead atoms. The highest BCUT2D eigenvalue weighted by Gasteiger charge is 2.18. The van der Waals surface area contributed by atoms with Crippen LogP contribution in [0.25, 0.3) is 93.6 Å². The van der Waals surface area contributed by atoms with Gasteiger partial charge in [-0.1, -0.05) is 146 Å². The lowest BCUT2D eigenvalue weighted by molar-refractivity contribution is 0.669. The monoisotopic (exact) mass is 778 g/mol. The number of fused-ring (bicyclic) bond motifs is 8. The first-order valence-electron chi connectivity index (χ1n) is 20.8. The second-order valence-corrected chi connectivity index (χ2v) is 15.7.